The van der Waals surface area contributed by atoms with E-state index in [1.165, 1.54) is 12.5 Å². The van der Waals surface area contributed by atoms with Gasteiger partial charge >= 0.3 is 0 Å². The number of aromatic nitrogens is 1. The first-order valence-electron chi connectivity index (χ1n) is 9.32. The lowest BCUT2D eigenvalue weighted by molar-refractivity contribution is -0.114. The van der Waals surface area contributed by atoms with Crippen molar-refractivity contribution in [3.8, 4) is 0 Å². The first-order valence-corrected chi connectivity index (χ1v) is 9.32. The van der Waals surface area contributed by atoms with Crippen molar-refractivity contribution in [2.75, 3.05) is 16.0 Å². The standard InChI is InChI=1S/C23H24N4O2/c1-14-11-15(2)22(16(3)12-14)27-21-13-18(9-10-24-21)23(29)26-20-7-5-19(6-8-20)25-17(4)28/h5-13H,1-4H3,(H,24,27)(H,25,28)(H,26,29). The fourth-order valence-corrected chi connectivity index (χ4v) is 3.19. The Kier molecular flexibility index (Phi) is 5.93. The van der Waals surface area contributed by atoms with Crippen LogP contribution in [0.1, 0.15) is 34.0 Å². The van der Waals surface area contributed by atoms with Gasteiger partial charge in [-0.15, -0.1) is 0 Å². The highest BCUT2D eigenvalue weighted by Crippen LogP contribution is 2.25. The van der Waals surface area contributed by atoms with E-state index in [1.807, 2.05) is 13.8 Å². The smallest absolute Gasteiger partial charge is 0.255 e. The SMILES string of the molecule is CC(=O)Nc1ccc(NC(=O)c2ccnc(Nc3c(C)cc(C)cc3C)c2)cc1. The molecule has 0 fully saturated rings. The summed E-state index contributed by atoms with van der Waals surface area (Å²) in [7, 11) is 0. The quantitative estimate of drug-likeness (QED) is 0.577. The molecular weight excluding hydrogens is 364 g/mol. The van der Waals surface area contributed by atoms with E-state index in [0.29, 0.717) is 22.8 Å². The zero-order chi connectivity index (χ0) is 21.0. The maximum atomic E-state index is 12.6. The highest BCUT2D eigenvalue weighted by molar-refractivity contribution is 6.04. The average molecular weight is 388 g/mol. The van der Waals surface area contributed by atoms with E-state index in [9.17, 15) is 9.59 Å². The van der Waals surface area contributed by atoms with E-state index in [-0.39, 0.29) is 11.8 Å². The second-order valence-corrected chi connectivity index (χ2v) is 7.04. The number of anilines is 4. The molecule has 0 aliphatic carbocycles. The molecule has 0 aliphatic heterocycles. The summed E-state index contributed by atoms with van der Waals surface area (Å²) < 4.78 is 0. The van der Waals surface area contributed by atoms with Crippen LogP contribution >= 0.6 is 0 Å². The second-order valence-electron chi connectivity index (χ2n) is 7.04. The van der Waals surface area contributed by atoms with Crippen LogP contribution in [-0.4, -0.2) is 16.8 Å². The summed E-state index contributed by atoms with van der Waals surface area (Å²) in [6.07, 6.45) is 1.61. The van der Waals surface area contributed by atoms with Crippen LogP contribution in [0.4, 0.5) is 22.9 Å². The van der Waals surface area contributed by atoms with Gasteiger partial charge in [-0.1, -0.05) is 17.7 Å². The van der Waals surface area contributed by atoms with E-state index in [1.54, 1.807) is 42.6 Å². The van der Waals surface area contributed by atoms with Gasteiger partial charge in [-0.2, -0.15) is 0 Å². The first-order chi connectivity index (χ1) is 13.8. The molecule has 0 radical (unpaired) electrons. The Morgan fingerprint density at radius 2 is 1.41 bits per heavy atom. The Bertz CT molecular complexity index is 1040. The summed E-state index contributed by atoms with van der Waals surface area (Å²) >= 11 is 0. The minimum absolute atomic E-state index is 0.141. The molecule has 6 heteroatoms. The van der Waals surface area contributed by atoms with Gasteiger partial charge in [0.05, 0.1) is 0 Å². The van der Waals surface area contributed by atoms with Gasteiger partial charge in [0, 0.05) is 35.7 Å². The number of aryl methyl sites for hydroxylation is 3. The number of nitrogens with one attached hydrogen (secondary N) is 3. The number of benzene rings is 2. The number of carbonyl (C=O) groups is 2. The van der Waals surface area contributed by atoms with E-state index in [2.05, 4.69) is 40.0 Å². The molecule has 0 bridgehead atoms. The molecular formula is C23H24N4O2. The third-order valence-electron chi connectivity index (χ3n) is 4.42. The first kappa shape index (κ1) is 20.1. The zero-order valence-corrected chi connectivity index (χ0v) is 17.0. The summed E-state index contributed by atoms with van der Waals surface area (Å²) in [5.41, 5.74) is 6.26. The monoisotopic (exact) mass is 388 g/mol. The van der Waals surface area contributed by atoms with Crippen molar-refractivity contribution in [2.24, 2.45) is 0 Å². The Hall–Kier alpha value is -3.67. The van der Waals surface area contributed by atoms with Gasteiger partial charge in [0.25, 0.3) is 5.91 Å². The third-order valence-corrected chi connectivity index (χ3v) is 4.42. The lowest BCUT2D eigenvalue weighted by Crippen LogP contribution is -2.13. The van der Waals surface area contributed by atoms with E-state index in [0.717, 1.165) is 16.8 Å². The Balaban J connectivity index is 1.74. The summed E-state index contributed by atoms with van der Waals surface area (Å²) in [4.78, 5) is 28.0. The molecule has 0 atom stereocenters. The minimum atomic E-state index is -0.236. The van der Waals surface area contributed by atoms with Gasteiger partial charge in [-0.3, -0.25) is 9.59 Å². The van der Waals surface area contributed by atoms with Crippen LogP contribution < -0.4 is 16.0 Å². The van der Waals surface area contributed by atoms with Crippen LogP contribution in [0, 0.1) is 20.8 Å². The molecule has 3 aromatic rings. The molecule has 3 N–H and O–H groups in total. The molecule has 2 amide bonds. The molecule has 6 nitrogen and oxygen atoms in total. The molecule has 0 unspecified atom stereocenters. The summed E-state index contributed by atoms with van der Waals surface area (Å²) in [5.74, 6) is 0.228. The van der Waals surface area contributed by atoms with Gasteiger partial charge < -0.3 is 16.0 Å². The highest BCUT2D eigenvalue weighted by Gasteiger charge is 2.10. The molecule has 0 aliphatic rings. The predicted molar refractivity (Wildman–Crippen MR) is 117 cm³/mol. The maximum absolute atomic E-state index is 12.6. The topological polar surface area (TPSA) is 83.1 Å². The van der Waals surface area contributed by atoms with Crippen molar-refractivity contribution in [3.63, 3.8) is 0 Å². The number of rotatable bonds is 5. The van der Waals surface area contributed by atoms with Gasteiger partial charge in [0.1, 0.15) is 5.82 Å². The van der Waals surface area contributed by atoms with Gasteiger partial charge in [-0.05, 0) is 68.3 Å². The molecule has 1 aromatic heterocycles. The molecule has 1 heterocycles. The van der Waals surface area contributed by atoms with E-state index < -0.39 is 0 Å². The van der Waals surface area contributed by atoms with Crippen LogP contribution in [0.15, 0.2) is 54.7 Å². The second kappa shape index (κ2) is 8.56. The fraction of sp³-hybridized carbons (Fsp3) is 0.174. The number of pyridine rings is 1. The largest absolute Gasteiger partial charge is 0.340 e. The number of hydrogen-bond acceptors (Lipinski definition) is 4. The van der Waals surface area contributed by atoms with E-state index in [4.69, 9.17) is 0 Å². The van der Waals surface area contributed by atoms with Crippen molar-refractivity contribution in [2.45, 2.75) is 27.7 Å². The molecule has 2 aromatic carbocycles. The Morgan fingerprint density at radius 3 is 2.00 bits per heavy atom. The number of amides is 2. The predicted octanol–water partition coefficient (Wildman–Crippen LogP) is 4.96. The third kappa shape index (κ3) is 5.19. The highest BCUT2D eigenvalue weighted by atomic mass is 16.2. The summed E-state index contributed by atoms with van der Waals surface area (Å²) in [5, 5.41) is 8.87. The molecule has 3 rings (SSSR count). The summed E-state index contributed by atoms with van der Waals surface area (Å²) in [6, 6.07) is 14.6. The lowest BCUT2D eigenvalue weighted by atomic mass is 10.1. The molecule has 0 spiro atoms. The molecule has 0 saturated carbocycles. The average Bonchev–Trinajstić information content (AvgIpc) is 2.66. The maximum Gasteiger partial charge on any atom is 0.255 e. The van der Waals surface area contributed by atoms with Crippen molar-refractivity contribution < 1.29 is 9.59 Å². The van der Waals surface area contributed by atoms with Gasteiger partial charge in [0.15, 0.2) is 0 Å². The number of nitrogens with zero attached hydrogens (tertiary/aromatic N) is 1. The van der Waals surface area contributed by atoms with Crippen molar-refractivity contribution >= 4 is 34.7 Å². The molecule has 0 saturated heterocycles. The number of carbonyl (C=O) groups excluding carboxylic acids is 2. The molecule has 29 heavy (non-hydrogen) atoms. The van der Waals surface area contributed by atoms with Crippen LogP contribution in [-0.2, 0) is 4.79 Å². The van der Waals surface area contributed by atoms with Crippen LogP contribution in [0.25, 0.3) is 0 Å². The lowest BCUT2D eigenvalue weighted by Gasteiger charge is -2.14. The van der Waals surface area contributed by atoms with E-state index >= 15 is 0 Å². The van der Waals surface area contributed by atoms with Crippen molar-refractivity contribution in [1.82, 2.24) is 4.98 Å². The van der Waals surface area contributed by atoms with Crippen molar-refractivity contribution in [1.29, 1.82) is 0 Å². The Labute approximate surface area is 170 Å². The van der Waals surface area contributed by atoms with Gasteiger partial charge in [0.2, 0.25) is 5.91 Å². The van der Waals surface area contributed by atoms with Gasteiger partial charge in [-0.25, -0.2) is 4.98 Å². The van der Waals surface area contributed by atoms with Crippen LogP contribution in [0.5, 0.6) is 0 Å². The normalized spacial score (nSPS) is 10.3. The summed E-state index contributed by atoms with van der Waals surface area (Å²) in [6.45, 7) is 7.60. The number of hydrogen-bond donors (Lipinski definition) is 3. The van der Waals surface area contributed by atoms with Crippen LogP contribution in [0.3, 0.4) is 0 Å². The fourth-order valence-electron chi connectivity index (χ4n) is 3.19. The van der Waals surface area contributed by atoms with Crippen molar-refractivity contribution in [3.05, 3.63) is 77.0 Å². The van der Waals surface area contributed by atoms with Crippen LogP contribution in [0.2, 0.25) is 0 Å². The Morgan fingerprint density at radius 1 is 0.828 bits per heavy atom. The molecule has 148 valence electrons. The minimum Gasteiger partial charge on any atom is -0.340 e. The zero-order valence-electron chi connectivity index (χ0n) is 17.0.